The predicted octanol–water partition coefficient (Wildman–Crippen LogP) is 1.30. The molecule has 0 bridgehead atoms. The highest BCUT2D eigenvalue weighted by Crippen LogP contribution is 2.13. The Labute approximate surface area is 68.6 Å². The van der Waals surface area contributed by atoms with E-state index in [1.807, 2.05) is 24.3 Å². The molecule has 3 heteroatoms. The Morgan fingerprint density at radius 2 is 1.82 bits per heavy atom. The summed E-state index contributed by atoms with van der Waals surface area (Å²) in [6, 6.07) is 7.38. The van der Waals surface area contributed by atoms with Gasteiger partial charge in [-0.1, -0.05) is 0 Å². The molecule has 1 aromatic rings. The van der Waals surface area contributed by atoms with E-state index in [9.17, 15) is 4.21 Å². The van der Waals surface area contributed by atoms with Gasteiger partial charge in [0.15, 0.2) is 7.11 Å². The number of hydrogen-bond donors (Lipinski definition) is 0. The second-order valence-electron chi connectivity index (χ2n) is 2.17. The Hall–Kier alpha value is -0.830. The van der Waals surface area contributed by atoms with Crippen LogP contribution >= 0.6 is 0 Å². The van der Waals surface area contributed by atoms with Crippen LogP contribution in [0.25, 0.3) is 0 Å². The average molecular weight is 171 g/mol. The largest absolute Gasteiger partial charge is 0.585 e. The number of hydrogen-bond acceptors (Lipinski definition) is 1. The van der Waals surface area contributed by atoms with Crippen molar-refractivity contribution >= 4 is 10.8 Å². The Kier molecular flexibility index (Phi) is 2.65. The van der Waals surface area contributed by atoms with Crippen molar-refractivity contribution in [3.63, 3.8) is 0 Å². The van der Waals surface area contributed by atoms with E-state index in [0.29, 0.717) is 0 Å². The SMILES string of the molecule is C[OH+]c1ccc(S(C)=O)cc1. The van der Waals surface area contributed by atoms with E-state index >= 15 is 0 Å². The Morgan fingerprint density at radius 1 is 1.27 bits per heavy atom. The van der Waals surface area contributed by atoms with Gasteiger partial charge in [-0.05, 0) is 12.1 Å². The van der Waals surface area contributed by atoms with Crippen molar-refractivity contribution in [3.8, 4) is 5.75 Å². The van der Waals surface area contributed by atoms with Crippen molar-refractivity contribution in [1.29, 1.82) is 0 Å². The summed E-state index contributed by atoms with van der Waals surface area (Å²) in [5.74, 6) is 0.916. The minimum atomic E-state index is -0.881. The number of rotatable bonds is 2. The maximum Gasteiger partial charge on any atom is 0.254 e. The van der Waals surface area contributed by atoms with Gasteiger partial charge in [-0.2, -0.15) is 0 Å². The minimum Gasteiger partial charge on any atom is -0.585 e. The standard InChI is InChI=1S/C8H10O2S/c1-10-7-3-5-8(6-4-7)11(2)9/h3-6H,1-2H3/p+1. The highest BCUT2D eigenvalue weighted by atomic mass is 32.2. The lowest BCUT2D eigenvalue weighted by atomic mass is 10.3. The lowest BCUT2D eigenvalue weighted by Gasteiger charge is -1.97. The maximum absolute atomic E-state index is 10.9. The number of aromatic hydroxyl groups is 1. The van der Waals surface area contributed by atoms with E-state index in [1.165, 1.54) is 0 Å². The summed E-state index contributed by atoms with van der Waals surface area (Å²) in [6.07, 6.45) is 1.66. The fourth-order valence-corrected chi connectivity index (χ4v) is 1.31. The number of aliphatic hydroxyl groups is 1. The first-order valence-electron chi connectivity index (χ1n) is 3.27. The number of benzene rings is 1. The van der Waals surface area contributed by atoms with Gasteiger partial charge in [0.05, 0.1) is 0 Å². The molecule has 0 amide bonds. The number of ether oxygens (including phenoxy) is 1. The molecule has 1 unspecified atom stereocenters. The predicted molar refractivity (Wildman–Crippen MR) is 46.4 cm³/mol. The molecule has 0 aromatic heterocycles. The summed E-state index contributed by atoms with van der Waals surface area (Å²) in [7, 11) is 0.853. The van der Waals surface area contributed by atoms with Crippen molar-refractivity contribution < 1.29 is 8.95 Å². The van der Waals surface area contributed by atoms with Crippen molar-refractivity contribution in [2.75, 3.05) is 13.4 Å². The quantitative estimate of drug-likeness (QED) is 0.617. The minimum absolute atomic E-state index is 0.845. The van der Waals surface area contributed by atoms with Crippen LogP contribution in [-0.4, -0.2) is 22.3 Å². The van der Waals surface area contributed by atoms with Gasteiger partial charge in [0.25, 0.3) is 5.75 Å². The van der Waals surface area contributed by atoms with Gasteiger partial charge >= 0.3 is 0 Å². The topological polar surface area (TPSA) is 29.9 Å². The highest BCUT2D eigenvalue weighted by Gasteiger charge is 1.98. The molecular formula is C8H11O2S+. The lowest BCUT2D eigenvalue weighted by Crippen LogP contribution is -1.86. The Balaban J connectivity index is 2.91. The van der Waals surface area contributed by atoms with Crippen LogP contribution in [0.2, 0.25) is 0 Å². The van der Waals surface area contributed by atoms with Gasteiger partial charge in [-0.15, -0.1) is 0 Å². The van der Waals surface area contributed by atoms with E-state index < -0.39 is 10.8 Å². The zero-order chi connectivity index (χ0) is 8.27. The summed E-state index contributed by atoms with van der Waals surface area (Å²) in [6.45, 7) is 0. The van der Waals surface area contributed by atoms with Crippen molar-refractivity contribution in [2.45, 2.75) is 4.90 Å². The van der Waals surface area contributed by atoms with Crippen LogP contribution in [0.1, 0.15) is 0 Å². The normalized spacial score (nSPS) is 12.5. The summed E-state index contributed by atoms with van der Waals surface area (Å²) in [5, 5.41) is 0. The van der Waals surface area contributed by atoms with Crippen molar-refractivity contribution in [3.05, 3.63) is 24.3 Å². The zero-order valence-electron chi connectivity index (χ0n) is 6.57. The molecule has 1 N–H and O–H groups in total. The van der Waals surface area contributed by atoms with Crippen molar-refractivity contribution in [2.24, 2.45) is 0 Å². The van der Waals surface area contributed by atoms with E-state index in [4.69, 9.17) is 0 Å². The van der Waals surface area contributed by atoms with Crippen molar-refractivity contribution in [1.82, 2.24) is 0 Å². The molecule has 0 fully saturated rings. The van der Waals surface area contributed by atoms with Gasteiger partial charge < -0.3 is 4.74 Å². The second kappa shape index (κ2) is 3.53. The molecule has 0 aliphatic heterocycles. The zero-order valence-corrected chi connectivity index (χ0v) is 7.39. The summed E-state index contributed by atoms with van der Waals surface area (Å²) in [5.41, 5.74) is 0. The third-order valence-electron chi connectivity index (χ3n) is 1.43. The van der Waals surface area contributed by atoms with E-state index in [0.717, 1.165) is 10.6 Å². The first-order chi connectivity index (χ1) is 5.24. The average Bonchev–Trinajstić information content (AvgIpc) is 2.05. The van der Waals surface area contributed by atoms with Gasteiger partial charge in [-0.3, -0.25) is 4.21 Å². The Morgan fingerprint density at radius 3 is 2.18 bits per heavy atom. The highest BCUT2D eigenvalue weighted by molar-refractivity contribution is 7.84. The fourth-order valence-electron chi connectivity index (χ4n) is 0.787. The molecule has 0 heterocycles. The summed E-state index contributed by atoms with van der Waals surface area (Å²) < 4.78 is 14.9. The third kappa shape index (κ3) is 2.05. The van der Waals surface area contributed by atoms with E-state index in [2.05, 4.69) is 4.74 Å². The van der Waals surface area contributed by atoms with Gasteiger partial charge in [-0.25, -0.2) is 0 Å². The molecule has 0 radical (unpaired) electrons. The molecule has 0 aliphatic carbocycles. The van der Waals surface area contributed by atoms with Crippen LogP contribution in [0.4, 0.5) is 0 Å². The Bertz CT molecular complexity index is 253. The van der Waals surface area contributed by atoms with Crippen LogP contribution in [0.15, 0.2) is 29.2 Å². The van der Waals surface area contributed by atoms with Crippen LogP contribution in [-0.2, 0) is 10.8 Å². The molecule has 1 atom stereocenters. The molecule has 1 aromatic carbocycles. The lowest BCUT2D eigenvalue weighted by molar-refractivity contribution is 0.136. The van der Waals surface area contributed by atoms with Crippen LogP contribution in [0, 0.1) is 0 Å². The second-order valence-corrected chi connectivity index (χ2v) is 3.55. The molecule has 0 saturated carbocycles. The molecule has 2 nitrogen and oxygen atoms in total. The van der Waals surface area contributed by atoms with Gasteiger partial charge in [0, 0.05) is 34.1 Å². The van der Waals surface area contributed by atoms with Gasteiger partial charge in [0.1, 0.15) is 0 Å². The molecule has 0 saturated heterocycles. The molecule has 11 heavy (non-hydrogen) atoms. The first-order valence-corrected chi connectivity index (χ1v) is 4.83. The van der Waals surface area contributed by atoms with Crippen LogP contribution < -0.4 is 0 Å². The third-order valence-corrected chi connectivity index (χ3v) is 2.36. The molecule has 1 rings (SSSR count). The van der Waals surface area contributed by atoms with Crippen LogP contribution in [0.5, 0.6) is 5.75 Å². The molecular weight excluding hydrogens is 160 g/mol. The first kappa shape index (κ1) is 8.27. The fraction of sp³-hybridized carbons (Fsp3) is 0.250. The summed E-state index contributed by atoms with van der Waals surface area (Å²) in [4.78, 5) is 0.845. The monoisotopic (exact) mass is 171 g/mol. The smallest absolute Gasteiger partial charge is 0.254 e. The van der Waals surface area contributed by atoms with E-state index in [-0.39, 0.29) is 0 Å². The summed E-state index contributed by atoms with van der Waals surface area (Å²) >= 11 is 0. The van der Waals surface area contributed by atoms with Crippen LogP contribution in [0.3, 0.4) is 0 Å². The molecule has 0 spiro atoms. The molecule has 0 aliphatic rings. The molecule has 60 valence electrons. The van der Waals surface area contributed by atoms with Gasteiger partial charge in [0.2, 0.25) is 0 Å². The maximum atomic E-state index is 10.9. The van der Waals surface area contributed by atoms with E-state index in [1.54, 1.807) is 13.4 Å².